The van der Waals surface area contributed by atoms with Crippen LogP contribution in [0.15, 0.2) is 67.6 Å². The van der Waals surface area contributed by atoms with Crippen LogP contribution in [0.25, 0.3) is 6.08 Å². The number of aliphatic imine (C=N–C) groups is 3. The van der Waals surface area contributed by atoms with Crippen molar-refractivity contribution in [2.24, 2.45) is 15.0 Å². The van der Waals surface area contributed by atoms with E-state index in [-0.39, 0.29) is 47.4 Å². The van der Waals surface area contributed by atoms with Gasteiger partial charge in [-0.25, -0.2) is 13.8 Å². The van der Waals surface area contributed by atoms with Gasteiger partial charge >= 0.3 is 6.01 Å². The second-order valence-corrected chi connectivity index (χ2v) is 9.64. The lowest BCUT2D eigenvalue weighted by molar-refractivity contribution is 0.0784. The second kappa shape index (κ2) is 11.9. The van der Waals surface area contributed by atoms with Gasteiger partial charge in [0.2, 0.25) is 5.96 Å². The highest BCUT2D eigenvalue weighted by atomic mass is 35.5. The minimum atomic E-state index is -0.721. The largest absolute Gasteiger partial charge is 0.431 e. The molecule has 0 aliphatic carbocycles. The van der Waals surface area contributed by atoms with Crippen LogP contribution in [0.4, 0.5) is 14.8 Å². The first-order valence-electron chi connectivity index (χ1n) is 12.6. The minimum Gasteiger partial charge on any atom is -0.431 e. The number of oxazole rings is 1. The number of hydrogen-bond acceptors (Lipinski definition) is 6. The summed E-state index contributed by atoms with van der Waals surface area (Å²) < 4.78 is 34.8. The summed E-state index contributed by atoms with van der Waals surface area (Å²) in [6, 6.07) is 9.07. The third kappa shape index (κ3) is 5.85. The molecule has 1 fully saturated rings. The zero-order chi connectivity index (χ0) is 28.2. The maximum absolute atomic E-state index is 14.7. The number of amides is 1. The fraction of sp³-hybridized carbons (Fsp3) is 0.250. The summed E-state index contributed by atoms with van der Waals surface area (Å²) in [6.07, 6.45) is 5.52. The third-order valence-electron chi connectivity index (χ3n) is 6.62. The number of guanidine groups is 1. The van der Waals surface area contributed by atoms with Crippen LogP contribution >= 0.6 is 11.6 Å². The first kappa shape index (κ1) is 27.4. The van der Waals surface area contributed by atoms with Crippen molar-refractivity contribution in [1.29, 1.82) is 0 Å². The van der Waals surface area contributed by atoms with E-state index >= 15 is 0 Å². The van der Waals surface area contributed by atoms with E-state index in [0.717, 1.165) is 6.42 Å². The van der Waals surface area contributed by atoms with Crippen molar-refractivity contribution in [3.63, 3.8) is 0 Å². The molecule has 0 spiro atoms. The molecule has 3 aromatic rings. The van der Waals surface area contributed by atoms with E-state index in [9.17, 15) is 13.6 Å². The lowest BCUT2D eigenvalue weighted by atomic mass is 9.96. The summed E-state index contributed by atoms with van der Waals surface area (Å²) in [4.78, 5) is 31.7. The number of carbonyl (C=O) groups is 1. The van der Waals surface area contributed by atoms with Gasteiger partial charge in [-0.1, -0.05) is 23.7 Å². The quantitative estimate of drug-likeness (QED) is 0.351. The highest BCUT2D eigenvalue weighted by Gasteiger charge is 2.28. The molecule has 9 nitrogen and oxygen atoms in total. The molecule has 0 bridgehead atoms. The number of likely N-dealkylation sites (N-methyl/N-ethyl adjacent to an activating group) is 1. The van der Waals surface area contributed by atoms with Crippen LogP contribution < -0.4 is 10.6 Å². The Labute approximate surface area is 234 Å². The number of aromatic nitrogens is 1. The van der Waals surface area contributed by atoms with E-state index in [1.165, 1.54) is 37.7 Å². The van der Waals surface area contributed by atoms with E-state index in [0.29, 0.717) is 34.8 Å². The molecule has 12 heteroatoms. The SMILES string of the molecule is CN=C(N=CC1=Cc2ccc(Cl)cc2C(c2c(F)cccc2F)=NC1)Nc1nc(C(=O)N2CCC(NC)C2)co1. The standard InChI is InChI=1S/C28H26ClF2N7O2/c1-32-19-8-9-38(14-19)26(39)23-15-40-28(36-23)37-27(33-2)35-13-16-10-17-6-7-18(29)11-20(17)25(34-12-16)24-21(30)4-3-5-22(24)31/h3-7,10-11,13,15,19,32H,8-9,12,14H2,1-2H3,(H,33,36,37). The predicted molar refractivity (Wildman–Crippen MR) is 152 cm³/mol. The summed E-state index contributed by atoms with van der Waals surface area (Å²) >= 11 is 6.21. The number of carbonyl (C=O) groups excluding carboxylic acids is 1. The van der Waals surface area contributed by atoms with Crippen molar-refractivity contribution in [3.05, 3.63) is 87.3 Å². The van der Waals surface area contributed by atoms with Crippen molar-refractivity contribution in [2.45, 2.75) is 12.5 Å². The van der Waals surface area contributed by atoms with E-state index in [4.69, 9.17) is 16.0 Å². The summed E-state index contributed by atoms with van der Waals surface area (Å²) in [5.41, 5.74) is 1.94. The van der Waals surface area contributed by atoms with Crippen LogP contribution in [-0.2, 0) is 0 Å². The third-order valence-corrected chi connectivity index (χ3v) is 6.86. The molecule has 40 heavy (non-hydrogen) atoms. The van der Waals surface area contributed by atoms with Gasteiger partial charge in [0.15, 0.2) is 5.69 Å². The number of anilines is 1. The Morgan fingerprint density at radius 1 is 1.25 bits per heavy atom. The number of nitrogens with one attached hydrogen (secondary N) is 2. The Kier molecular flexibility index (Phi) is 8.13. The Morgan fingerprint density at radius 2 is 2.05 bits per heavy atom. The Balaban J connectivity index is 1.34. The number of likely N-dealkylation sites (tertiary alicyclic amines) is 1. The van der Waals surface area contributed by atoms with Gasteiger partial charge < -0.3 is 14.6 Å². The van der Waals surface area contributed by atoms with Gasteiger partial charge in [0.25, 0.3) is 5.91 Å². The smallest absolute Gasteiger partial charge is 0.302 e. The maximum atomic E-state index is 14.7. The predicted octanol–water partition coefficient (Wildman–Crippen LogP) is 4.44. The van der Waals surface area contributed by atoms with Gasteiger partial charge in [0, 0.05) is 43.0 Å². The van der Waals surface area contributed by atoms with Gasteiger partial charge in [-0.15, -0.1) is 0 Å². The Morgan fingerprint density at radius 3 is 2.77 bits per heavy atom. The second-order valence-electron chi connectivity index (χ2n) is 9.21. The van der Waals surface area contributed by atoms with Crippen LogP contribution in [0.3, 0.4) is 0 Å². The lowest BCUT2D eigenvalue weighted by Crippen LogP contribution is -2.33. The van der Waals surface area contributed by atoms with Crippen molar-refractivity contribution in [1.82, 2.24) is 15.2 Å². The summed E-state index contributed by atoms with van der Waals surface area (Å²) in [5.74, 6) is -1.48. The average molecular weight is 566 g/mol. The molecular weight excluding hydrogens is 540 g/mol. The summed E-state index contributed by atoms with van der Waals surface area (Å²) in [7, 11) is 3.41. The molecule has 1 atom stereocenters. The molecule has 1 aromatic heterocycles. The van der Waals surface area contributed by atoms with Gasteiger partial charge in [0.1, 0.15) is 17.9 Å². The number of nitrogens with zero attached hydrogens (tertiary/aromatic N) is 5. The molecular formula is C28H26ClF2N7O2. The number of fused-ring (bicyclic) bond motifs is 1. The highest BCUT2D eigenvalue weighted by Crippen LogP contribution is 2.27. The van der Waals surface area contributed by atoms with Crippen LogP contribution in [0, 0.1) is 11.6 Å². The monoisotopic (exact) mass is 565 g/mol. The zero-order valence-electron chi connectivity index (χ0n) is 21.8. The van der Waals surface area contributed by atoms with Gasteiger partial charge in [-0.3, -0.25) is 20.1 Å². The van der Waals surface area contributed by atoms with Crippen molar-refractivity contribution in [3.8, 4) is 0 Å². The lowest BCUT2D eigenvalue weighted by Gasteiger charge is -2.14. The molecule has 1 amide bonds. The zero-order valence-corrected chi connectivity index (χ0v) is 22.5. The summed E-state index contributed by atoms with van der Waals surface area (Å²) in [5, 5.41) is 6.44. The number of rotatable bonds is 5. The molecule has 1 unspecified atom stereocenters. The highest BCUT2D eigenvalue weighted by molar-refractivity contribution is 6.31. The fourth-order valence-electron chi connectivity index (χ4n) is 4.53. The Bertz CT molecular complexity index is 1540. The van der Waals surface area contributed by atoms with Crippen LogP contribution in [0.5, 0.6) is 0 Å². The van der Waals surface area contributed by atoms with Crippen molar-refractivity contribution < 1.29 is 18.0 Å². The Hall–Kier alpha value is -4.22. The van der Waals surface area contributed by atoms with E-state index in [1.54, 1.807) is 23.1 Å². The van der Waals surface area contributed by atoms with Crippen molar-refractivity contribution in [2.75, 3.05) is 39.0 Å². The normalized spacial score (nSPS) is 17.5. The molecule has 3 heterocycles. The number of hydrogen-bond donors (Lipinski definition) is 2. The molecule has 0 radical (unpaired) electrons. The first-order chi connectivity index (χ1) is 19.4. The average Bonchev–Trinajstić information content (AvgIpc) is 3.59. The van der Waals surface area contributed by atoms with Gasteiger partial charge in [0.05, 0.1) is 17.8 Å². The van der Waals surface area contributed by atoms with Crippen molar-refractivity contribution >= 4 is 47.5 Å². The molecule has 2 aromatic carbocycles. The first-order valence-corrected chi connectivity index (χ1v) is 12.9. The molecule has 2 aliphatic heterocycles. The molecule has 1 saturated heterocycles. The fourth-order valence-corrected chi connectivity index (χ4v) is 4.71. The maximum Gasteiger partial charge on any atom is 0.302 e. The van der Waals surface area contributed by atoms with Gasteiger partial charge in [-0.05, 0) is 54.9 Å². The van der Waals surface area contributed by atoms with Crippen LogP contribution in [0.2, 0.25) is 5.02 Å². The molecule has 0 saturated carbocycles. The van der Waals surface area contributed by atoms with Crippen LogP contribution in [0.1, 0.15) is 33.6 Å². The van der Waals surface area contributed by atoms with E-state index in [1.807, 2.05) is 13.1 Å². The summed E-state index contributed by atoms with van der Waals surface area (Å²) in [6.45, 7) is 1.34. The van der Waals surface area contributed by atoms with Crippen LogP contribution in [-0.4, -0.2) is 73.4 Å². The molecule has 2 N–H and O–H groups in total. The number of halogens is 3. The van der Waals surface area contributed by atoms with E-state index < -0.39 is 11.6 Å². The number of benzene rings is 2. The van der Waals surface area contributed by atoms with Gasteiger partial charge in [-0.2, -0.15) is 4.98 Å². The minimum absolute atomic E-state index is 0.0654. The van der Waals surface area contributed by atoms with E-state index in [2.05, 4.69) is 30.6 Å². The molecule has 5 rings (SSSR count). The molecule has 2 aliphatic rings. The molecule has 206 valence electrons. The topological polar surface area (TPSA) is 107 Å².